The molecule has 3 aromatic rings. The summed E-state index contributed by atoms with van der Waals surface area (Å²) in [5, 5.41) is 0. The largest absolute Gasteiger partial charge is 0.280 e. The van der Waals surface area contributed by atoms with E-state index < -0.39 is 36.6 Å². The summed E-state index contributed by atoms with van der Waals surface area (Å²) in [4.78, 5) is 0.409. The van der Waals surface area contributed by atoms with E-state index in [-0.39, 0.29) is 15.6 Å². The molecule has 0 unspecified atom stereocenters. The minimum Gasteiger partial charge on any atom is -0.280 e. The second-order valence-electron chi connectivity index (χ2n) is 5.73. The SMILES string of the molecule is Cc1ccc(S(=O)(=O)Nc2ccc(NS(=O)(=O)c3ccc(F)c(F)c3)cc2)s1. The smallest absolute Gasteiger partial charge is 0.271 e. The maximum Gasteiger partial charge on any atom is 0.271 e. The summed E-state index contributed by atoms with van der Waals surface area (Å²) in [6.45, 7) is 1.79. The zero-order valence-corrected chi connectivity index (χ0v) is 16.8. The predicted molar refractivity (Wildman–Crippen MR) is 103 cm³/mol. The molecular weight excluding hydrogens is 430 g/mol. The second kappa shape index (κ2) is 7.49. The highest BCUT2D eigenvalue weighted by Gasteiger charge is 2.18. The van der Waals surface area contributed by atoms with Gasteiger partial charge in [0.1, 0.15) is 4.21 Å². The second-order valence-corrected chi connectivity index (χ2v) is 10.6. The van der Waals surface area contributed by atoms with Crippen LogP contribution in [0.1, 0.15) is 4.88 Å². The molecule has 3 rings (SSSR count). The normalized spacial score (nSPS) is 12.0. The van der Waals surface area contributed by atoms with Crippen LogP contribution in [0.4, 0.5) is 20.2 Å². The summed E-state index contributed by atoms with van der Waals surface area (Å²) in [6.07, 6.45) is 0. The van der Waals surface area contributed by atoms with Gasteiger partial charge in [-0.1, -0.05) is 0 Å². The van der Waals surface area contributed by atoms with E-state index in [1.807, 2.05) is 0 Å². The molecule has 0 bridgehead atoms. The molecule has 0 spiro atoms. The molecule has 0 saturated carbocycles. The molecule has 0 aliphatic carbocycles. The van der Waals surface area contributed by atoms with Crippen molar-refractivity contribution in [1.29, 1.82) is 0 Å². The summed E-state index contributed by atoms with van der Waals surface area (Å²) < 4.78 is 80.1. The molecule has 0 amide bonds. The Labute approximate surface area is 165 Å². The van der Waals surface area contributed by atoms with Gasteiger partial charge in [-0.2, -0.15) is 0 Å². The van der Waals surface area contributed by atoms with E-state index in [0.717, 1.165) is 22.3 Å². The van der Waals surface area contributed by atoms with Crippen molar-refractivity contribution >= 4 is 42.8 Å². The van der Waals surface area contributed by atoms with Gasteiger partial charge in [0.2, 0.25) is 0 Å². The number of aryl methyl sites for hydroxylation is 1. The molecule has 1 heterocycles. The van der Waals surface area contributed by atoms with Crippen molar-refractivity contribution in [1.82, 2.24) is 0 Å². The topological polar surface area (TPSA) is 92.3 Å². The van der Waals surface area contributed by atoms with Crippen molar-refractivity contribution < 1.29 is 25.6 Å². The van der Waals surface area contributed by atoms with E-state index >= 15 is 0 Å². The Kier molecular flexibility index (Phi) is 5.41. The van der Waals surface area contributed by atoms with Crippen molar-refractivity contribution in [2.45, 2.75) is 16.0 Å². The standard InChI is InChI=1S/C17H14F2N2O4S3/c1-11-2-9-17(26-11)28(24,25)21-13-5-3-12(4-6-13)20-27(22,23)14-7-8-15(18)16(19)10-14/h2-10,20-21H,1H3. The molecule has 0 aliphatic heterocycles. The molecule has 0 atom stereocenters. The quantitative estimate of drug-likeness (QED) is 0.602. The lowest BCUT2D eigenvalue weighted by molar-refractivity contribution is 0.504. The van der Waals surface area contributed by atoms with Crippen LogP contribution in [-0.4, -0.2) is 16.8 Å². The van der Waals surface area contributed by atoms with E-state index in [4.69, 9.17) is 0 Å². The average Bonchev–Trinajstić information content (AvgIpc) is 3.06. The van der Waals surface area contributed by atoms with Crippen LogP contribution in [0.2, 0.25) is 0 Å². The summed E-state index contributed by atoms with van der Waals surface area (Å²) in [5.41, 5.74) is 0.362. The van der Waals surface area contributed by atoms with Gasteiger partial charge in [-0.05, 0) is 61.5 Å². The van der Waals surface area contributed by atoms with Gasteiger partial charge in [0.05, 0.1) is 4.90 Å². The van der Waals surface area contributed by atoms with E-state index in [1.54, 1.807) is 13.0 Å². The number of anilines is 2. The number of benzene rings is 2. The Morgan fingerprint density at radius 1 is 0.750 bits per heavy atom. The molecule has 148 valence electrons. The van der Waals surface area contributed by atoms with Gasteiger partial charge in [-0.25, -0.2) is 25.6 Å². The Hall–Kier alpha value is -2.50. The fourth-order valence-electron chi connectivity index (χ4n) is 2.23. The number of rotatable bonds is 6. The highest BCUT2D eigenvalue weighted by Crippen LogP contribution is 2.25. The maximum absolute atomic E-state index is 13.3. The Balaban J connectivity index is 1.76. The molecule has 2 N–H and O–H groups in total. The molecule has 0 aliphatic rings. The molecule has 11 heteroatoms. The lowest BCUT2D eigenvalue weighted by atomic mass is 10.3. The zero-order chi connectivity index (χ0) is 20.5. The van der Waals surface area contributed by atoms with Gasteiger partial charge in [0, 0.05) is 16.3 Å². The monoisotopic (exact) mass is 444 g/mol. The van der Waals surface area contributed by atoms with Gasteiger partial charge in [0.25, 0.3) is 20.0 Å². The minimum atomic E-state index is -4.13. The van der Waals surface area contributed by atoms with Gasteiger partial charge >= 0.3 is 0 Å². The summed E-state index contributed by atoms with van der Waals surface area (Å²) in [5.74, 6) is -2.44. The number of thiophene rings is 1. The average molecular weight is 445 g/mol. The van der Waals surface area contributed by atoms with Crippen molar-refractivity contribution in [3.63, 3.8) is 0 Å². The van der Waals surface area contributed by atoms with E-state index in [1.165, 1.54) is 30.3 Å². The molecule has 2 aromatic carbocycles. The number of hydrogen-bond donors (Lipinski definition) is 2. The van der Waals surface area contributed by atoms with Crippen molar-refractivity contribution in [2.75, 3.05) is 9.44 Å². The van der Waals surface area contributed by atoms with Crippen LogP contribution in [0, 0.1) is 18.6 Å². The summed E-state index contributed by atoms with van der Waals surface area (Å²) in [6, 6.07) is 10.8. The number of hydrogen-bond acceptors (Lipinski definition) is 5. The lowest BCUT2D eigenvalue weighted by Gasteiger charge is -2.10. The fourth-order valence-corrected chi connectivity index (χ4v) is 5.64. The van der Waals surface area contributed by atoms with Crippen molar-refractivity contribution in [3.8, 4) is 0 Å². The number of nitrogens with one attached hydrogen (secondary N) is 2. The highest BCUT2D eigenvalue weighted by atomic mass is 32.2. The van der Waals surface area contributed by atoms with E-state index in [2.05, 4.69) is 9.44 Å². The van der Waals surface area contributed by atoms with Gasteiger partial charge < -0.3 is 0 Å². The van der Waals surface area contributed by atoms with E-state index in [9.17, 15) is 25.6 Å². The Bertz CT molecular complexity index is 1220. The number of halogens is 2. The first-order valence-corrected chi connectivity index (χ1v) is 11.5. The van der Waals surface area contributed by atoms with Crippen LogP contribution >= 0.6 is 11.3 Å². The van der Waals surface area contributed by atoms with Gasteiger partial charge in [-0.15, -0.1) is 11.3 Å². The molecule has 6 nitrogen and oxygen atoms in total. The summed E-state index contributed by atoms with van der Waals surface area (Å²) in [7, 11) is -7.87. The van der Waals surface area contributed by atoms with Gasteiger partial charge in [0.15, 0.2) is 11.6 Å². The molecule has 0 fully saturated rings. The fraction of sp³-hybridized carbons (Fsp3) is 0.0588. The maximum atomic E-state index is 13.3. The Morgan fingerprint density at radius 2 is 1.32 bits per heavy atom. The van der Waals surface area contributed by atoms with Crippen LogP contribution in [0.25, 0.3) is 0 Å². The molecule has 28 heavy (non-hydrogen) atoms. The highest BCUT2D eigenvalue weighted by molar-refractivity contribution is 7.94. The van der Waals surface area contributed by atoms with Crippen LogP contribution < -0.4 is 9.44 Å². The summed E-state index contributed by atoms with van der Waals surface area (Å²) >= 11 is 1.13. The number of sulfonamides is 2. The molecule has 1 aromatic heterocycles. The molecule has 0 radical (unpaired) electrons. The Morgan fingerprint density at radius 3 is 1.82 bits per heavy atom. The third kappa shape index (κ3) is 4.49. The first kappa shape index (κ1) is 20.2. The third-order valence-electron chi connectivity index (χ3n) is 3.57. The predicted octanol–water partition coefficient (Wildman–Crippen LogP) is 3.94. The van der Waals surface area contributed by atoms with Crippen LogP contribution in [0.15, 0.2) is 63.7 Å². The first-order chi connectivity index (χ1) is 13.1. The van der Waals surface area contributed by atoms with Crippen LogP contribution in [0.5, 0.6) is 0 Å². The lowest BCUT2D eigenvalue weighted by Crippen LogP contribution is -2.14. The zero-order valence-electron chi connectivity index (χ0n) is 14.3. The molecular formula is C17H14F2N2O4S3. The van der Waals surface area contributed by atoms with Crippen molar-refractivity contribution in [3.05, 3.63) is 71.1 Å². The molecule has 0 saturated heterocycles. The van der Waals surface area contributed by atoms with Gasteiger partial charge in [-0.3, -0.25) is 9.44 Å². The van der Waals surface area contributed by atoms with Crippen molar-refractivity contribution in [2.24, 2.45) is 0 Å². The minimum absolute atomic E-state index is 0.125. The first-order valence-electron chi connectivity index (χ1n) is 7.74. The van der Waals surface area contributed by atoms with Crippen LogP contribution in [-0.2, 0) is 20.0 Å². The van der Waals surface area contributed by atoms with E-state index in [0.29, 0.717) is 12.1 Å². The third-order valence-corrected chi connectivity index (χ3v) is 7.82. The van der Waals surface area contributed by atoms with Crippen LogP contribution in [0.3, 0.4) is 0 Å².